The molecule has 2 aromatic rings. The van der Waals surface area contributed by atoms with E-state index in [1.54, 1.807) is 6.07 Å². The van der Waals surface area contributed by atoms with Gasteiger partial charge in [-0.3, -0.25) is 14.6 Å². The van der Waals surface area contributed by atoms with Gasteiger partial charge >= 0.3 is 5.97 Å². The molecular weight excluding hydrogens is 274 g/mol. The van der Waals surface area contributed by atoms with E-state index >= 15 is 0 Å². The Morgan fingerprint density at radius 1 is 1.56 bits per heavy atom. The summed E-state index contributed by atoms with van der Waals surface area (Å²) in [5.74, 6) is -0.968. The fourth-order valence-corrected chi connectivity index (χ4v) is 2.55. The van der Waals surface area contributed by atoms with Gasteiger partial charge in [0.05, 0.1) is 4.88 Å². The molecule has 94 valence electrons. The van der Waals surface area contributed by atoms with E-state index in [-0.39, 0.29) is 16.4 Å². The number of hydrogen-bond acceptors (Lipinski definition) is 6. The van der Waals surface area contributed by atoms with Crippen molar-refractivity contribution >= 4 is 29.1 Å². The van der Waals surface area contributed by atoms with Crippen molar-refractivity contribution in [2.24, 2.45) is 0 Å². The van der Waals surface area contributed by atoms with E-state index in [1.165, 1.54) is 18.3 Å². The molecule has 2 heterocycles. The monoisotopic (exact) mass is 283 g/mol. The third-order valence-electron chi connectivity index (χ3n) is 2.07. The second-order valence-electron chi connectivity index (χ2n) is 3.38. The first-order chi connectivity index (χ1) is 8.58. The molecule has 2 rings (SSSR count). The Balaban J connectivity index is 2.26. The maximum absolute atomic E-state index is 11.8. The van der Waals surface area contributed by atoms with Crippen molar-refractivity contribution in [3.05, 3.63) is 27.9 Å². The first kappa shape index (κ1) is 12.8. The van der Waals surface area contributed by atoms with Crippen LogP contribution in [-0.2, 0) is 4.79 Å². The Bertz CT molecular complexity index is 609. The van der Waals surface area contributed by atoms with Crippen LogP contribution in [0.1, 0.15) is 6.92 Å². The van der Waals surface area contributed by atoms with E-state index < -0.39 is 11.2 Å². The van der Waals surface area contributed by atoms with E-state index in [1.807, 2.05) is 11.4 Å². The van der Waals surface area contributed by atoms with E-state index in [4.69, 9.17) is 5.11 Å². The molecule has 0 aliphatic carbocycles. The smallest absolute Gasteiger partial charge is 0.316 e. The van der Waals surface area contributed by atoms with Crippen LogP contribution in [0.3, 0.4) is 0 Å². The summed E-state index contributed by atoms with van der Waals surface area (Å²) in [6.07, 6.45) is 0. The number of carboxylic acid groups (broad SMARTS) is 1. The van der Waals surface area contributed by atoms with Gasteiger partial charge < -0.3 is 5.11 Å². The second kappa shape index (κ2) is 5.32. The minimum atomic E-state index is -0.968. The number of thioether (sulfide) groups is 1. The number of nitrogens with one attached hydrogen (secondary N) is 1. The van der Waals surface area contributed by atoms with Gasteiger partial charge in [-0.05, 0) is 18.4 Å². The molecular formula is C10H9N3O3S2. The Hall–Kier alpha value is -1.67. The quantitative estimate of drug-likeness (QED) is 0.825. The van der Waals surface area contributed by atoms with E-state index in [0.717, 1.165) is 16.6 Å². The molecule has 0 saturated carbocycles. The number of hydrogen-bond donors (Lipinski definition) is 2. The number of rotatable bonds is 4. The van der Waals surface area contributed by atoms with Gasteiger partial charge in [0, 0.05) is 0 Å². The average molecular weight is 283 g/mol. The van der Waals surface area contributed by atoms with Crippen LogP contribution in [0.4, 0.5) is 0 Å². The molecule has 0 saturated heterocycles. The number of nitrogens with zero attached hydrogens (tertiary/aromatic N) is 2. The number of H-pyrrole nitrogens is 1. The molecule has 2 aromatic heterocycles. The fraction of sp³-hybridized carbons (Fsp3) is 0.200. The first-order valence-electron chi connectivity index (χ1n) is 4.98. The Labute approximate surface area is 110 Å². The van der Waals surface area contributed by atoms with Gasteiger partial charge in [0.25, 0.3) is 5.56 Å². The van der Waals surface area contributed by atoms with Crippen LogP contribution in [0.5, 0.6) is 0 Å². The standard InChI is InChI=1S/C10H9N3O3S2/c1-5(9(15)16)18-10-11-8(14)7(12-13-10)6-3-2-4-17-6/h2-5H,1H3,(H,15,16)(H,11,13,14). The summed E-state index contributed by atoms with van der Waals surface area (Å²) in [4.78, 5) is 25.7. The van der Waals surface area contributed by atoms with Crippen LogP contribution in [0.15, 0.2) is 27.5 Å². The van der Waals surface area contributed by atoms with Gasteiger partial charge in [0.15, 0.2) is 10.9 Å². The molecule has 8 heteroatoms. The van der Waals surface area contributed by atoms with Crippen LogP contribution in [-0.4, -0.2) is 31.5 Å². The number of aromatic nitrogens is 3. The molecule has 18 heavy (non-hydrogen) atoms. The number of aromatic amines is 1. The van der Waals surface area contributed by atoms with Gasteiger partial charge in [0.2, 0.25) is 0 Å². The van der Waals surface area contributed by atoms with E-state index in [9.17, 15) is 9.59 Å². The highest BCUT2D eigenvalue weighted by Crippen LogP contribution is 2.21. The highest BCUT2D eigenvalue weighted by molar-refractivity contribution is 8.00. The number of carbonyl (C=O) groups is 1. The molecule has 0 fully saturated rings. The van der Waals surface area contributed by atoms with E-state index in [2.05, 4.69) is 15.2 Å². The molecule has 0 bridgehead atoms. The molecule has 0 radical (unpaired) electrons. The fourth-order valence-electron chi connectivity index (χ4n) is 1.17. The summed E-state index contributed by atoms with van der Waals surface area (Å²) in [7, 11) is 0. The maximum Gasteiger partial charge on any atom is 0.316 e. The molecule has 0 aliphatic rings. The van der Waals surface area contributed by atoms with Crippen molar-refractivity contribution in [1.82, 2.24) is 15.2 Å². The number of thiophene rings is 1. The van der Waals surface area contributed by atoms with Crippen molar-refractivity contribution in [3.63, 3.8) is 0 Å². The van der Waals surface area contributed by atoms with Crippen LogP contribution in [0.2, 0.25) is 0 Å². The Morgan fingerprint density at radius 2 is 2.33 bits per heavy atom. The van der Waals surface area contributed by atoms with Crippen molar-refractivity contribution < 1.29 is 9.90 Å². The van der Waals surface area contributed by atoms with Crippen molar-refractivity contribution in [2.45, 2.75) is 17.3 Å². The maximum atomic E-state index is 11.8. The largest absolute Gasteiger partial charge is 0.480 e. The zero-order valence-electron chi connectivity index (χ0n) is 9.28. The SMILES string of the molecule is CC(Sc1nnc(-c2cccs2)c(=O)[nH]1)C(=O)O. The highest BCUT2D eigenvalue weighted by atomic mass is 32.2. The van der Waals surface area contributed by atoms with Crippen LogP contribution in [0.25, 0.3) is 10.6 Å². The van der Waals surface area contributed by atoms with Crippen LogP contribution in [0, 0.1) is 0 Å². The molecule has 0 aromatic carbocycles. The predicted molar refractivity (Wildman–Crippen MR) is 68.9 cm³/mol. The highest BCUT2D eigenvalue weighted by Gasteiger charge is 2.15. The minimum Gasteiger partial charge on any atom is -0.480 e. The van der Waals surface area contributed by atoms with Gasteiger partial charge in [0.1, 0.15) is 5.25 Å². The average Bonchev–Trinajstić information content (AvgIpc) is 2.82. The lowest BCUT2D eigenvalue weighted by atomic mass is 10.4. The van der Waals surface area contributed by atoms with Crippen molar-refractivity contribution in [2.75, 3.05) is 0 Å². The van der Waals surface area contributed by atoms with Crippen molar-refractivity contribution in [1.29, 1.82) is 0 Å². The third-order valence-corrected chi connectivity index (χ3v) is 3.91. The lowest BCUT2D eigenvalue weighted by Gasteiger charge is -2.04. The lowest BCUT2D eigenvalue weighted by molar-refractivity contribution is -0.136. The minimum absolute atomic E-state index is 0.204. The molecule has 0 spiro atoms. The lowest BCUT2D eigenvalue weighted by Crippen LogP contribution is -2.17. The second-order valence-corrected chi connectivity index (χ2v) is 5.66. The molecule has 6 nitrogen and oxygen atoms in total. The zero-order chi connectivity index (χ0) is 13.1. The summed E-state index contributed by atoms with van der Waals surface area (Å²) >= 11 is 2.34. The van der Waals surface area contributed by atoms with Crippen LogP contribution >= 0.6 is 23.1 Å². The Morgan fingerprint density at radius 3 is 2.89 bits per heavy atom. The molecule has 0 amide bonds. The normalized spacial score (nSPS) is 12.3. The molecule has 1 atom stereocenters. The number of carboxylic acids is 1. The van der Waals surface area contributed by atoms with E-state index in [0.29, 0.717) is 0 Å². The van der Waals surface area contributed by atoms with Gasteiger partial charge in [-0.25, -0.2) is 0 Å². The summed E-state index contributed by atoms with van der Waals surface area (Å²) in [5.41, 5.74) is -0.120. The third kappa shape index (κ3) is 2.77. The summed E-state index contributed by atoms with van der Waals surface area (Å²) < 4.78 is 0. The summed E-state index contributed by atoms with van der Waals surface area (Å²) in [6.45, 7) is 1.51. The van der Waals surface area contributed by atoms with Gasteiger partial charge in [-0.2, -0.15) is 0 Å². The van der Waals surface area contributed by atoms with Crippen LogP contribution < -0.4 is 5.56 Å². The molecule has 2 N–H and O–H groups in total. The van der Waals surface area contributed by atoms with Gasteiger partial charge in [-0.1, -0.05) is 17.8 Å². The number of aliphatic carboxylic acids is 1. The topological polar surface area (TPSA) is 95.9 Å². The first-order valence-corrected chi connectivity index (χ1v) is 6.74. The van der Waals surface area contributed by atoms with Crippen molar-refractivity contribution in [3.8, 4) is 10.6 Å². The predicted octanol–water partition coefficient (Wildman–Crippen LogP) is 1.46. The summed E-state index contributed by atoms with van der Waals surface area (Å²) in [6, 6.07) is 3.59. The molecule has 0 aliphatic heterocycles. The van der Waals surface area contributed by atoms with Gasteiger partial charge in [-0.15, -0.1) is 21.5 Å². The summed E-state index contributed by atoms with van der Waals surface area (Å²) in [5, 5.41) is 17.8. The molecule has 1 unspecified atom stereocenters. The Kier molecular flexibility index (Phi) is 3.78. The zero-order valence-corrected chi connectivity index (χ0v) is 10.9.